The standard InChI is InChI=1S/C23H26N2O3/c1-27-13-12-24-23(26)20-11-5-10-19-17-8-4-9-18(17)21(25-22(19)20)15-6-3-7-16(14-15)28-2/h3-8,10-11,14,17-18,21,25H,9,12-13H2,1-2H3,(H,24,26). The van der Waals surface area contributed by atoms with E-state index in [0.717, 1.165) is 17.9 Å². The van der Waals surface area contributed by atoms with E-state index >= 15 is 0 Å². The van der Waals surface area contributed by atoms with Gasteiger partial charge in [-0.2, -0.15) is 0 Å². The molecule has 5 nitrogen and oxygen atoms in total. The average Bonchev–Trinajstić information content (AvgIpc) is 3.23. The van der Waals surface area contributed by atoms with Gasteiger partial charge in [-0.15, -0.1) is 0 Å². The number of fused-ring (bicyclic) bond motifs is 3. The Hall–Kier alpha value is -2.79. The molecule has 4 rings (SSSR count). The van der Waals surface area contributed by atoms with Crippen LogP contribution in [0.4, 0.5) is 5.69 Å². The van der Waals surface area contributed by atoms with Gasteiger partial charge in [0.1, 0.15) is 5.75 Å². The molecule has 1 heterocycles. The SMILES string of the molecule is COCCNC(=O)c1cccc2c1NC(c1cccc(OC)c1)C1CC=CC21. The zero-order chi connectivity index (χ0) is 19.5. The molecule has 1 aliphatic heterocycles. The summed E-state index contributed by atoms with van der Waals surface area (Å²) < 4.78 is 10.5. The van der Waals surface area contributed by atoms with Crippen LogP contribution in [0.1, 0.15) is 39.9 Å². The molecule has 2 N–H and O–H groups in total. The van der Waals surface area contributed by atoms with Gasteiger partial charge in [-0.3, -0.25) is 4.79 Å². The summed E-state index contributed by atoms with van der Waals surface area (Å²) in [4.78, 5) is 12.8. The molecule has 0 aromatic heterocycles. The Morgan fingerprint density at radius 1 is 1.21 bits per heavy atom. The molecule has 2 aromatic carbocycles. The van der Waals surface area contributed by atoms with Crippen molar-refractivity contribution in [2.45, 2.75) is 18.4 Å². The maximum Gasteiger partial charge on any atom is 0.253 e. The Labute approximate surface area is 165 Å². The number of anilines is 1. The van der Waals surface area contributed by atoms with Crippen LogP contribution >= 0.6 is 0 Å². The highest BCUT2D eigenvalue weighted by molar-refractivity contribution is 6.00. The van der Waals surface area contributed by atoms with Gasteiger partial charge in [0.05, 0.1) is 31.0 Å². The fourth-order valence-corrected chi connectivity index (χ4v) is 4.34. The minimum atomic E-state index is -0.0776. The van der Waals surface area contributed by atoms with Crippen LogP contribution in [0.5, 0.6) is 5.75 Å². The molecule has 0 spiro atoms. The van der Waals surface area contributed by atoms with Crippen LogP contribution in [0.15, 0.2) is 54.6 Å². The second-order valence-corrected chi connectivity index (χ2v) is 7.27. The van der Waals surface area contributed by atoms with Crippen molar-refractivity contribution in [3.8, 4) is 5.75 Å². The lowest BCUT2D eigenvalue weighted by molar-refractivity contribution is 0.0937. The Bertz CT molecular complexity index is 893. The van der Waals surface area contributed by atoms with Crippen molar-refractivity contribution in [1.82, 2.24) is 5.32 Å². The smallest absolute Gasteiger partial charge is 0.253 e. The molecule has 5 heteroatoms. The molecule has 0 fully saturated rings. The lowest BCUT2D eigenvalue weighted by atomic mass is 9.76. The second-order valence-electron chi connectivity index (χ2n) is 7.27. The molecule has 1 amide bonds. The number of rotatable bonds is 6. The number of allylic oxidation sites excluding steroid dienone is 2. The molecular formula is C23H26N2O3. The number of amides is 1. The van der Waals surface area contributed by atoms with E-state index in [-0.39, 0.29) is 11.9 Å². The Kier molecular flexibility index (Phi) is 5.35. The van der Waals surface area contributed by atoms with Gasteiger partial charge in [-0.05, 0) is 41.7 Å². The quantitative estimate of drug-likeness (QED) is 0.591. The van der Waals surface area contributed by atoms with Gasteiger partial charge in [-0.1, -0.05) is 36.4 Å². The van der Waals surface area contributed by atoms with Crippen LogP contribution in [0.25, 0.3) is 0 Å². The van der Waals surface area contributed by atoms with E-state index in [9.17, 15) is 4.79 Å². The minimum absolute atomic E-state index is 0.0776. The normalized spacial score (nSPS) is 22.1. The highest BCUT2D eigenvalue weighted by atomic mass is 16.5. The number of ether oxygens (including phenoxy) is 2. The first-order chi connectivity index (χ1) is 13.7. The zero-order valence-corrected chi connectivity index (χ0v) is 16.3. The third kappa shape index (κ3) is 3.38. The molecule has 1 aliphatic carbocycles. The second kappa shape index (κ2) is 8.07. The van der Waals surface area contributed by atoms with E-state index in [1.54, 1.807) is 14.2 Å². The maximum atomic E-state index is 12.8. The van der Waals surface area contributed by atoms with Gasteiger partial charge >= 0.3 is 0 Å². The number of benzene rings is 2. The predicted octanol–water partition coefficient (Wildman–Crippen LogP) is 3.90. The summed E-state index contributed by atoms with van der Waals surface area (Å²) in [5, 5.41) is 6.63. The van der Waals surface area contributed by atoms with Gasteiger partial charge in [0.15, 0.2) is 0 Å². The molecule has 146 valence electrons. The van der Waals surface area contributed by atoms with Crippen LogP contribution in [-0.2, 0) is 4.74 Å². The summed E-state index contributed by atoms with van der Waals surface area (Å²) >= 11 is 0. The number of para-hydroxylation sites is 1. The van der Waals surface area contributed by atoms with Crippen molar-refractivity contribution in [2.75, 3.05) is 32.7 Å². The molecule has 28 heavy (non-hydrogen) atoms. The van der Waals surface area contributed by atoms with Gasteiger partial charge < -0.3 is 20.1 Å². The molecule has 3 atom stereocenters. The van der Waals surface area contributed by atoms with Crippen molar-refractivity contribution >= 4 is 11.6 Å². The van der Waals surface area contributed by atoms with Gasteiger partial charge in [-0.25, -0.2) is 0 Å². The van der Waals surface area contributed by atoms with Gasteiger partial charge in [0.2, 0.25) is 0 Å². The van der Waals surface area contributed by atoms with Crippen LogP contribution in [0, 0.1) is 5.92 Å². The third-order valence-electron chi connectivity index (χ3n) is 5.69. The molecule has 0 saturated carbocycles. The molecule has 0 radical (unpaired) electrons. The Morgan fingerprint density at radius 2 is 2.07 bits per heavy atom. The molecule has 2 aromatic rings. The van der Waals surface area contributed by atoms with Crippen molar-refractivity contribution in [2.24, 2.45) is 5.92 Å². The summed E-state index contributed by atoms with van der Waals surface area (Å²) in [6.45, 7) is 0.984. The molecule has 3 unspecified atom stereocenters. The highest BCUT2D eigenvalue weighted by Gasteiger charge is 2.39. The average molecular weight is 378 g/mol. The summed E-state index contributed by atoms with van der Waals surface area (Å²) in [6.07, 6.45) is 5.55. The lowest BCUT2D eigenvalue weighted by Gasteiger charge is -2.38. The maximum absolute atomic E-state index is 12.8. The number of carbonyl (C=O) groups excluding carboxylic acids is 1. The third-order valence-corrected chi connectivity index (χ3v) is 5.69. The summed E-state index contributed by atoms with van der Waals surface area (Å²) in [5.74, 6) is 1.50. The monoisotopic (exact) mass is 378 g/mol. The van der Waals surface area contributed by atoms with E-state index in [1.165, 1.54) is 11.1 Å². The highest BCUT2D eigenvalue weighted by Crippen LogP contribution is 2.50. The van der Waals surface area contributed by atoms with Crippen molar-refractivity contribution in [3.05, 3.63) is 71.3 Å². The van der Waals surface area contributed by atoms with E-state index in [4.69, 9.17) is 9.47 Å². The molecule has 0 bridgehead atoms. The first kappa shape index (κ1) is 18.6. The van der Waals surface area contributed by atoms with Gasteiger partial charge in [0, 0.05) is 19.6 Å². The van der Waals surface area contributed by atoms with E-state index in [2.05, 4.69) is 41.0 Å². The van der Waals surface area contributed by atoms with Crippen molar-refractivity contribution in [3.63, 3.8) is 0 Å². The predicted molar refractivity (Wildman–Crippen MR) is 110 cm³/mol. The zero-order valence-electron chi connectivity index (χ0n) is 16.3. The van der Waals surface area contributed by atoms with E-state index in [0.29, 0.717) is 30.6 Å². The van der Waals surface area contributed by atoms with E-state index in [1.807, 2.05) is 24.3 Å². The topological polar surface area (TPSA) is 59.6 Å². The van der Waals surface area contributed by atoms with Crippen LogP contribution in [0.3, 0.4) is 0 Å². The summed E-state index contributed by atoms with van der Waals surface area (Å²) in [7, 11) is 3.31. The minimum Gasteiger partial charge on any atom is -0.497 e. The first-order valence-electron chi connectivity index (χ1n) is 9.70. The fourth-order valence-electron chi connectivity index (χ4n) is 4.34. The van der Waals surface area contributed by atoms with Crippen LogP contribution in [-0.4, -0.2) is 33.3 Å². The largest absolute Gasteiger partial charge is 0.497 e. The summed E-state index contributed by atoms with van der Waals surface area (Å²) in [6, 6.07) is 14.3. The number of carbonyl (C=O) groups is 1. The Morgan fingerprint density at radius 3 is 2.89 bits per heavy atom. The van der Waals surface area contributed by atoms with E-state index < -0.39 is 0 Å². The number of hydrogen-bond donors (Lipinski definition) is 2. The van der Waals surface area contributed by atoms with Crippen molar-refractivity contribution in [1.29, 1.82) is 0 Å². The Balaban J connectivity index is 1.70. The van der Waals surface area contributed by atoms with Gasteiger partial charge in [0.25, 0.3) is 5.91 Å². The number of nitrogens with one attached hydrogen (secondary N) is 2. The lowest BCUT2D eigenvalue weighted by Crippen LogP contribution is -2.33. The number of hydrogen-bond acceptors (Lipinski definition) is 4. The molecule has 0 saturated heterocycles. The summed E-state index contributed by atoms with van der Waals surface area (Å²) in [5.41, 5.74) is 3.98. The molecule has 2 aliphatic rings. The number of methoxy groups -OCH3 is 2. The first-order valence-corrected chi connectivity index (χ1v) is 9.70. The van der Waals surface area contributed by atoms with Crippen LogP contribution in [0.2, 0.25) is 0 Å². The van der Waals surface area contributed by atoms with Crippen LogP contribution < -0.4 is 15.4 Å². The fraction of sp³-hybridized carbons (Fsp3) is 0.348. The molecular weight excluding hydrogens is 352 g/mol. The van der Waals surface area contributed by atoms with Crippen molar-refractivity contribution < 1.29 is 14.3 Å².